The first-order valence-electron chi connectivity index (χ1n) is 6.81. The van der Waals surface area contributed by atoms with Gasteiger partial charge in [-0.15, -0.1) is 13.2 Å². The molecule has 106 valence electrons. The second-order valence-electron chi connectivity index (χ2n) is 4.69. The van der Waals surface area contributed by atoms with E-state index in [1.165, 1.54) is 0 Å². The van der Waals surface area contributed by atoms with E-state index in [2.05, 4.69) is 25.0 Å². The number of anilines is 1. The Bertz CT molecular complexity index is 527. The molecule has 2 N–H and O–H groups in total. The maximum absolute atomic E-state index is 6.03. The fourth-order valence-electron chi connectivity index (χ4n) is 2.23. The molecule has 1 aliphatic heterocycles. The minimum absolute atomic E-state index is 0.0656. The summed E-state index contributed by atoms with van der Waals surface area (Å²) in [5, 5.41) is 0. The number of aliphatic imine (C=N–C) groups is 1. The first kappa shape index (κ1) is 14.2. The monoisotopic (exact) mass is 271 g/mol. The lowest BCUT2D eigenvalue weighted by Crippen LogP contribution is -2.43. The van der Waals surface area contributed by atoms with Gasteiger partial charge in [0.05, 0.1) is 0 Å². The molecule has 0 amide bonds. The van der Waals surface area contributed by atoms with E-state index in [1.807, 2.05) is 30.4 Å². The van der Waals surface area contributed by atoms with Gasteiger partial charge < -0.3 is 15.4 Å². The van der Waals surface area contributed by atoms with Gasteiger partial charge in [0.25, 0.3) is 0 Å². The molecule has 1 unspecified atom stereocenters. The fourth-order valence-corrected chi connectivity index (χ4v) is 2.23. The number of ether oxygens (including phenoxy) is 1. The van der Waals surface area contributed by atoms with E-state index >= 15 is 0 Å². The molecule has 0 fully saturated rings. The molecule has 0 saturated heterocycles. The topological polar surface area (TPSA) is 50.8 Å². The summed E-state index contributed by atoms with van der Waals surface area (Å²) in [6.45, 7) is 11.1. The first-order valence-corrected chi connectivity index (χ1v) is 6.81. The summed E-state index contributed by atoms with van der Waals surface area (Å²) >= 11 is 0. The van der Waals surface area contributed by atoms with Crippen molar-refractivity contribution in [2.45, 2.75) is 19.4 Å². The Morgan fingerprint density at radius 2 is 2.05 bits per heavy atom. The minimum Gasteiger partial charge on any atom is -0.480 e. The normalized spacial score (nSPS) is 16.6. The van der Waals surface area contributed by atoms with Gasteiger partial charge in [-0.25, -0.2) is 4.99 Å². The summed E-state index contributed by atoms with van der Waals surface area (Å²) < 4.78 is 6.03. The zero-order valence-electron chi connectivity index (χ0n) is 11.9. The van der Waals surface area contributed by atoms with Crippen molar-refractivity contribution in [1.29, 1.82) is 0 Å². The minimum atomic E-state index is -0.0656. The van der Waals surface area contributed by atoms with Crippen molar-refractivity contribution in [2.24, 2.45) is 4.99 Å². The van der Waals surface area contributed by atoms with E-state index in [4.69, 9.17) is 15.5 Å². The molecular weight excluding hydrogens is 250 g/mol. The van der Waals surface area contributed by atoms with E-state index in [0.29, 0.717) is 5.69 Å². The lowest BCUT2D eigenvalue weighted by molar-refractivity contribution is 0.238. The van der Waals surface area contributed by atoms with Gasteiger partial charge in [-0.05, 0) is 18.6 Å². The van der Waals surface area contributed by atoms with Crippen LogP contribution in [0, 0.1) is 0 Å². The number of rotatable bonds is 5. The van der Waals surface area contributed by atoms with Crippen LogP contribution in [0.3, 0.4) is 0 Å². The maximum atomic E-state index is 6.03. The number of amidine groups is 1. The molecular formula is C16H21N3O. The Labute approximate surface area is 120 Å². The van der Waals surface area contributed by atoms with Crippen LogP contribution in [0.2, 0.25) is 0 Å². The van der Waals surface area contributed by atoms with E-state index < -0.39 is 0 Å². The number of nitrogens with zero attached hydrogens (tertiary/aromatic N) is 2. The number of hydrogen-bond acceptors (Lipinski definition) is 4. The molecule has 0 spiro atoms. The zero-order chi connectivity index (χ0) is 14.5. The standard InChI is InChI=1S/C16H21N3O/c1-4-9-19(10-5-2)16-14(6-3)20-15-11-12(17)7-8-13(15)18-16/h4-5,7-8,11,14H,1-2,6,9-10,17H2,3H3. The molecule has 4 nitrogen and oxygen atoms in total. The predicted molar refractivity (Wildman–Crippen MR) is 84.6 cm³/mol. The zero-order valence-corrected chi connectivity index (χ0v) is 11.9. The van der Waals surface area contributed by atoms with Crippen LogP contribution in [0.5, 0.6) is 5.75 Å². The lowest BCUT2D eigenvalue weighted by atomic mass is 10.1. The highest BCUT2D eigenvalue weighted by molar-refractivity contribution is 5.92. The number of nitrogens with two attached hydrogens (primary N) is 1. The third-order valence-electron chi connectivity index (χ3n) is 3.17. The van der Waals surface area contributed by atoms with Gasteiger partial charge in [-0.3, -0.25) is 0 Å². The second kappa shape index (κ2) is 6.28. The van der Waals surface area contributed by atoms with Crippen LogP contribution in [-0.4, -0.2) is 29.9 Å². The summed E-state index contributed by atoms with van der Waals surface area (Å²) in [6.07, 6.45) is 4.50. The molecule has 0 aromatic heterocycles. The van der Waals surface area contributed by atoms with Crippen LogP contribution in [-0.2, 0) is 0 Å². The predicted octanol–water partition coefficient (Wildman–Crippen LogP) is 3.14. The van der Waals surface area contributed by atoms with Crippen molar-refractivity contribution in [3.63, 3.8) is 0 Å². The van der Waals surface area contributed by atoms with Crippen LogP contribution >= 0.6 is 0 Å². The summed E-state index contributed by atoms with van der Waals surface area (Å²) in [6, 6.07) is 5.54. The lowest BCUT2D eigenvalue weighted by Gasteiger charge is -2.32. The highest BCUT2D eigenvalue weighted by atomic mass is 16.5. The van der Waals surface area contributed by atoms with Gasteiger partial charge in [-0.1, -0.05) is 19.1 Å². The number of fused-ring (bicyclic) bond motifs is 1. The highest BCUT2D eigenvalue weighted by Crippen LogP contribution is 2.35. The average molecular weight is 271 g/mol. The molecule has 0 radical (unpaired) electrons. The van der Waals surface area contributed by atoms with Gasteiger partial charge in [-0.2, -0.15) is 0 Å². The molecule has 1 heterocycles. The van der Waals surface area contributed by atoms with Crippen LogP contribution in [0.4, 0.5) is 11.4 Å². The molecule has 1 aromatic rings. The second-order valence-corrected chi connectivity index (χ2v) is 4.69. The molecule has 1 aliphatic rings. The Hall–Kier alpha value is -2.23. The SMILES string of the molecule is C=CCN(CC=C)C1=Nc2ccc(N)cc2OC1CC. The van der Waals surface area contributed by atoms with Crippen molar-refractivity contribution >= 4 is 17.2 Å². The van der Waals surface area contributed by atoms with Crippen LogP contribution in [0.25, 0.3) is 0 Å². The van der Waals surface area contributed by atoms with Gasteiger partial charge in [0.2, 0.25) is 0 Å². The van der Waals surface area contributed by atoms with Crippen molar-refractivity contribution in [1.82, 2.24) is 4.90 Å². The van der Waals surface area contributed by atoms with Gasteiger partial charge >= 0.3 is 0 Å². The Balaban J connectivity index is 2.39. The summed E-state index contributed by atoms with van der Waals surface area (Å²) in [7, 11) is 0. The van der Waals surface area contributed by atoms with Crippen LogP contribution < -0.4 is 10.5 Å². The summed E-state index contributed by atoms with van der Waals surface area (Å²) in [4.78, 5) is 6.86. The largest absolute Gasteiger partial charge is 0.480 e. The molecule has 0 aliphatic carbocycles. The number of hydrogen-bond donors (Lipinski definition) is 1. The number of benzene rings is 1. The molecule has 1 aromatic carbocycles. The Morgan fingerprint density at radius 3 is 2.65 bits per heavy atom. The highest BCUT2D eigenvalue weighted by Gasteiger charge is 2.26. The van der Waals surface area contributed by atoms with Gasteiger partial charge in [0.15, 0.2) is 6.10 Å². The molecule has 2 rings (SSSR count). The fraction of sp³-hybridized carbons (Fsp3) is 0.312. The van der Waals surface area contributed by atoms with Crippen LogP contribution in [0.1, 0.15) is 13.3 Å². The third kappa shape index (κ3) is 2.85. The van der Waals surface area contributed by atoms with Crippen LogP contribution in [0.15, 0.2) is 48.5 Å². The quantitative estimate of drug-likeness (QED) is 0.661. The molecule has 0 saturated carbocycles. The maximum Gasteiger partial charge on any atom is 0.156 e. The average Bonchev–Trinajstić information content (AvgIpc) is 2.45. The van der Waals surface area contributed by atoms with Gasteiger partial charge in [0.1, 0.15) is 17.3 Å². The van der Waals surface area contributed by atoms with Crippen molar-refractivity contribution in [3.8, 4) is 5.75 Å². The molecule has 20 heavy (non-hydrogen) atoms. The van der Waals surface area contributed by atoms with E-state index in [0.717, 1.165) is 36.8 Å². The molecule has 0 bridgehead atoms. The summed E-state index contributed by atoms with van der Waals surface area (Å²) in [5.41, 5.74) is 7.30. The van der Waals surface area contributed by atoms with E-state index in [1.54, 1.807) is 0 Å². The first-order chi connectivity index (χ1) is 9.69. The van der Waals surface area contributed by atoms with Crippen molar-refractivity contribution in [3.05, 3.63) is 43.5 Å². The third-order valence-corrected chi connectivity index (χ3v) is 3.17. The Morgan fingerprint density at radius 1 is 1.35 bits per heavy atom. The van der Waals surface area contributed by atoms with Gasteiger partial charge in [0, 0.05) is 24.8 Å². The number of nitrogen functional groups attached to an aromatic ring is 1. The van der Waals surface area contributed by atoms with Crippen molar-refractivity contribution in [2.75, 3.05) is 18.8 Å². The molecule has 4 heteroatoms. The van der Waals surface area contributed by atoms with Crippen molar-refractivity contribution < 1.29 is 4.74 Å². The summed E-state index contributed by atoms with van der Waals surface area (Å²) in [5.74, 6) is 1.67. The Kier molecular flexibility index (Phi) is 4.45. The van der Waals surface area contributed by atoms with E-state index in [9.17, 15) is 0 Å². The van der Waals surface area contributed by atoms with E-state index in [-0.39, 0.29) is 6.10 Å². The smallest absolute Gasteiger partial charge is 0.156 e. The molecule has 1 atom stereocenters.